The molecule has 0 saturated heterocycles. The molecule has 0 radical (unpaired) electrons. The van der Waals surface area contributed by atoms with Crippen LogP contribution >= 0.6 is 0 Å². The molecule has 3 heteroatoms. The first-order valence-corrected chi connectivity index (χ1v) is 6.53. The van der Waals surface area contributed by atoms with E-state index >= 15 is 0 Å². The fourth-order valence-electron chi connectivity index (χ4n) is 2.62. The topological polar surface area (TPSA) is 47.3 Å². The van der Waals surface area contributed by atoms with Gasteiger partial charge >= 0.3 is 0 Å². The zero-order valence-corrected chi connectivity index (χ0v) is 10.5. The van der Waals surface area contributed by atoms with Gasteiger partial charge in [0.25, 0.3) is 0 Å². The zero-order chi connectivity index (χ0) is 12.1. The molecule has 2 rings (SSSR count). The highest BCUT2D eigenvalue weighted by atomic mass is 16.5. The van der Waals surface area contributed by atoms with Gasteiger partial charge in [-0.3, -0.25) is 11.3 Å². The Hall–Kier alpha value is -1.06. The summed E-state index contributed by atoms with van der Waals surface area (Å²) in [6.07, 6.45) is 4.50. The molecule has 94 valence electrons. The number of nitrogens with two attached hydrogens (primary N) is 1. The molecule has 17 heavy (non-hydrogen) atoms. The van der Waals surface area contributed by atoms with Crippen LogP contribution in [0.4, 0.5) is 0 Å². The van der Waals surface area contributed by atoms with E-state index in [9.17, 15) is 0 Å². The van der Waals surface area contributed by atoms with E-state index in [0.717, 1.165) is 31.6 Å². The van der Waals surface area contributed by atoms with Crippen molar-refractivity contribution in [1.29, 1.82) is 0 Å². The molecule has 1 aliphatic heterocycles. The summed E-state index contributed by atoms with van der Waals surface area (Å²) in [5.41, 5.74) is 4.28. The van der Waals surface area contributed by atoms with Crippen molar-refractivity contribution >= 4 is 0 Å². The van der Waals surface area contributed by atoms with Crippen molar-refractivity contribution in [3.05, 3.63) is 29.8 Å². The van der Waals surface area contributed by atoms with E-state index in [1.54, 1.807) is 0 Å². The molecule has 0 bridgehead atoms. The highest BCUT2D eigenvalue weighted by molar-refractivity contribution is 5.37. The van der Waals surface area contributed by atoms with Crippen molar-refractivity contribution in [2.24, 2.45) is 5.84 Å². The van der Waals surface area contributed by atoms with Crippen molar-refractivity contribution in [2.45, 2.75) is 44.6 Å². The molecule has 1 aromatic carbocycles. The summed E-state index contributed by atoms with van der Waals surface area (Å²) in [6, 6.07) is 8.78. The van der Waals surface area contributed by atoms with Gasteiger partial charge in [-0.15, -0.1) is 0 Å². The largest absolute Gasteiger partial charge is 0.493 e. The first-order valence-electron chi connectivity index (χ1n) is 6.53. The summed E-state index contributed by atoms with van der Waals surface area (Å²) in [7, 11) is 0. The third-order valence-corrected chi connectivity index (χ3v) is 3.52. The second-order valence-electron chi connectivity index (χ2n) is 4.76. The van der Waals surface area contributed by atoms with Crippen LogP contribution in [0.15, 0.2) is 24.3 Å². The Morgan fingerprint density at radius 2 is 2.29 bits per heavy atom. The van der Waals surface area contributed by atoms with Gasteiger partial charge in [-0.2, -0.15) is 0 Å². The molecular formula is C14H22N2O. The number of ether oxygens (including phenoxy) is 1. The Morgan fingerprint density at radius 1 is 1.47 bits per heavy atom. The minimum absolute atomic E-state index is 0.413. The maximum Gasteiger partial charge on any atom is 0.122 e. The average molecular weight is 234 g/mol. The van der Waals surface area contributed by atoms with Crippen LogP contribution < -0.4 is 16.0 Å². The Balaban J connectivity index is 2.07. The maximum absolute atomic E-state index is 5.68. The van der Waals surface area contributed by atoms with Gasteiger partial charge in [0.15, 0.2) is 0 Å². The fourth-order valence-corrected chi connectivity index (χ4v) is 2.62. The third-order valence-electron chi connectivity index (χ3n) is 3.52. The van der Waals surface area contributed by atoms with Crippen LogP contribution in [0, 0.1) is 0 Å². The van der Waals surface area contributed by atoms with E-state index in [2.05, 4.69) is 30.5 Å². The summed E-state index contributed by atoms with van der Waals surface area (Å²) < 4.78 is 5.68. The minimum Gasteiger partial charge on any atom is -0.493 e. The molecule has 1 aromatic rings. The van der Waals surface area contributed by atoms with Crippen LogP contribution in [-0.2, 0) is 0 Å². The maximum atomic E-state index is 5.68. The van der Waals surface area contributed by atoms with Crippen molar-refractivity contribution in [2.75, 3.05) is 6.61 Å². The fraction of sp³-hybridized carbons (Fsp3) is 0.571. The molecule has 0 aromatic heterocycles. The minimum atomic E-state index is 0.413. The van der Waals surface area contributed by atoms with Crippen molar-refractivity contribution in [3.8, 4) is 5.75 Å². The first-order chi connectivity index (χ1) is 8.35. The Kier molecular flexibility index (Phi) is 4.40. The second kappa shape index (κ2) is 6.03. The summed E-state index contributed by atoms with van der Waals surface area (Å²) in [5, 5.41) is 0. The van der Waals surface area contributed by atoms with Gasteiger partial charge in [0.1, 0.15) is 5.75 Å². The third kappa shape index (κ3) is 2.99. The number of hydrogen-bond donors (Lipinski definition) is 2. The molecule has 1 aliphatic rings. The highest BCUT2D eigenvalue weighted by Crippen LogP contribution is 2.36. The molecular weight excluding hydrogens is 212 g/mol. The normalized spacial score (nSPS) is 20.5. The Labute approximate surface area is 103 Å². The van der Waals surface area contributed by atoms with Gasteiger partial charge in [0.05, 0.1) is 6.61 Å². The zero-order valence-electron chi connectivity index (χ0n) is 10.5. The summed E-state index contributed by atoms with van der Waals surface area (Å²) in [4.78, 5) is 0. The van der Waals surface area contributed by atoms with Gasteiger partial charge < -0.3 is 4.74 Å². The summed E-state index contributed by atoms with van der Waals surface area (Å²) >= 11 is 0. The molecule has 1 heterocycles. The van der Waals surface area contributed by atoms with Gasteiger partial charge in [-0.05, 0) is 36.8 Å². The summed E-state index contributed by atoms with van der Waals surface area (Å²) in [6.45, 7) is 3.02. The van der Waals surface area contributed by atoms with Crippen LogP contribution in [0.5, 0.6) is 5.75 Å². The summed E-state index contributed by atoms with van der Waals surface area (Å²) in [5.74, 6) is 7.24. The van der Waals surface area contributed by atoms with Crippen molar-refractivity contribution in [1.82, 2.24) is 5.43 Å². The molecule has 2 atom stereocenters. The molecule has 0 spiro atoms. The lowest BCUT2D eigenvalue weighted by Gasteiger charge is -2.28. The lowest BCUT2D eigenvalue weighted by atomic mass is 9.86. The quantitative estimate of drug-likeness (QED) is 0.608. The molecule has 2 unspecified atom stereocenters. The van der Waals surface area contributed by atoms with Crippen LogP contribution in [-0.4, -0.2) is 12.6 Å². The monoisotopic (exact) mass is 234 g/mol. The second-order valence-corrected chi connectivity index (χ2v) is 4.76. The van der Waals surface area contributed by atoms with Crippen LogP contribution in [0.3, 0.4) is 0 Å². The molecule has 3 nitrogen and oxygen atoms in total. The number of hydrazine groups is 1. The van der Waals surface area contributed by atoms with E-state index in [1.165, 1.54) is 12.0 Å². The number of fused-ring (bicyclic) bond motifs is 1. The van der Waals surface area contributed by atoms with E-state index in [0.29, 0.717) is 12.0 Å². The van der Waals surface area contributed by atoms with E-state index in [-0.39, 0.29) is 0 Å². The Bertz CT molecular complexity index is 354. The molecule has 0 saturated carbocycles. The average Bonchev–Trinajstić information content (AvgIpc) is 2.38. The predicted octanol–water partition coefficient (Wildman–Crippen LogP) is 2.57. The lowest BCUT2D eigenvalue weighted by Crippen LogP contribution is -2.36. The van der Waals surface area contributed by atoms with E-state index < -0.39 is 0 Å². The van der Waals surface area contributed by atoms with Gasteiger partial charge in [0, 0.05) is 6.04 Å². The Morgan fingerprint density at radius 3 is 3.06 bits per heavy atom. The standard InChI is InChI=1S/C14H22N2O/c1-2-5-12(16-15)10-11-8-9-17-14-7-4-3-6-13(11)14/h3-4,6-7,11-12,16H,2,5,8-10,15H2,1H3. The van der Waals surface area contributed by atoms with Gasteiger partial charge in [-0.25, -0.2) is 0 Å². The van der Waals surface area contributed by atoms with E-state index in [4.69, 9.17) is 10.6 Å². The molecule has 0 amide bonds. The van der Waals surface area contributed by atoms with Crippen LogP contribution in [0.2, 0.25) is 0 Å². The number of hydrogen-bond acceptors (Lipinski definition) is 3. The lowest BCUT2D eigenvalue weighted by molar-refractivity contribution is 0.253. The predicted molar refractivity (Wildman–Crippen MR) is 69.9 cm³/mol. The smallest absolute Gasteiger partial charge is 0.122 e. The van der Waals surface area contributed by atoms with Gasteiger partial charge in [-0.1, -0.05) is 31.5 Å². The number of rotatable bonds is 5. The first kappa shape index (κ1) is 12.4. The van der Waals surface area contributed by atoms with Gasteiger partial charge in [0.2, 0.25) is 0 Å². The van der Waals surface area contributed by atoms with Crippen molar-refractivity contribution in [3.63, 3.8) is 0 Å². The van der Waals surface area contributed by atoms with Crippen LogP contribution in [0.25, 0.3) is 0 Å². The molecule has 0 fully saturated rings. The number of para-hydroxylation sites is 1. The molecule has 3 N–H and O–H groups in total. The highest BCUT2D eigenvalue weighted by Gasteiger charge is 2.23. The molecule has 0 aliphatic carbocycles. The van der Waals surface area contributed by atoms with Crippen molar-refractivity contribution < 1.29 is 4.74 Å². The number of benzene rings is 1. The van der Waals surface area contributed by atoms with Crippen LogP contribution in [0.1, 0.15) is 44.1 Å². The number of nitrogens with one attached hydrogen (secondary N) is 1. The van der Waals surface area contributed by atoms with E-state index in [1.807, 2.05) is 6.07 Å². The SMILES string of the molecule is CCCC(CC1CCOc2ccccc21)NN.